The molecular formula is C19H19ClN2O4S. The molecule has 2 N–H and O–H groups in total. The molecule has 0 aromatic heterocycles. The molecule has 8 heteroatoms. The maximum atomic E-state index is 12.1. The fourth-order valence-electron chi connectivity index (χ4n) is 1.99. The highest BCUT2D eigenvalue weighted by molar-refractivity contribution is 7.98. The Morgan fingerprint density at radius 2 is 1.70 bits per heavy atom. The molecule has 1 atom stereocenters. The van der Waals surface area contributed by atoms with Gasteiger partial charge in [-0.3, -0.25) is 10.1 Å². The van der Waals surface area contributed by atoms with E-state index < -0.39 is 24.0 Å². The predicted octanol–water partition coefficient (Wildman–Crippen LogP) is 3.63. The Labute approximate surface area is 166 Å². The van der Waals surface area contributed by atoms with Gasteiger partial charge in [-0.05, 0) is 48.9 Å². The van der Waals surface area contributed by atoms with Crippen molar-refractivity contribution >= 4 is 41.3 Å². The third-order valence-electron chi connectivity index (χ3n) is 3.53. The van der Waals surface area contributed by atoms with E-state index in [1.807, 2.05) is 36.4 Å². The molecule has 2 aromatic rings. The summed E-state index contributed by atoms with van der Waals surface area (Å²) in [6.45, 7) is 1.40. The number of hydrogen-bond donors (Lipinski definition) is 2. The topological polar surface area (TPSA) is 84.5 Å². The molecule has 27 heavy (non-hydrogen) atoms. The van der Waals surface area contributed by atoms with Crippen LogP contribution in [0, 0.1) is 0 Å². The Morgan fingerprint density at radius 1 is 1.07 bits per heavy atom. The van der Waals surface area contributed by atoms with E-state index in [0.717, 1.165) is 16.2 Å². The Kier molecular flexibility index (Phi) is 7.69. The second kappa shape index (κ2) is 9.99. The fraction of sp³-hybridized carbons (Fsp3) is 0.211. The molecule has 0 fully saturated rings. The summed E-state index contributed by atoms with van der Waals surface area (Å²) in [6, 6.07) is 13.9. The van der Waals surface area contributed by atoms with Gasteiger partial charge in [0.1, 0.15) is 0 Å². The molecule has 3 amide bonds. The van der Waals surface area contributed by atoms with Gasteiger partial charge in [0.15, 0.2) is 6.10 Å². The van der Waals surface area contributed by atoms with Gasteiger partial charge in [0.25, 0.3) is 5.91 Å². The molecule has 0 unspecified atom stereocenters. The summed E-state index contributed by atoms with van der Waals surface area (Å²) in [5.74, 6) is -0.591. The first-order chi connectivity index (χ1) is 12.9. The zero-order valence-electron chi connectivity index (χ0n) is 14.8. The standard InChI is InChI=1S/C19H19ClN2O4S/c1-12(17(23)22-19(25)21-2)26-18(24)14-5-3-13(4-6-14)11-27-16-9-7-15(20)8-10-16/h3-10,12H,11H2,1-2H3,(H2,21,22,23,25)/t12-/m1/s1. The van der Waals surface area contributed by atoms with E-state index in [1.54, 1.807) is 23.9 Å². The van der Waals surface area contributed by atoms with Crippen molar-refractivity contribution in [1.82, 2.24) is 10.6 Å². The quantitative estimate of drug-likeness (QED) is 0.565. The summed E-state index contributed by atoms with van der Waals surface area (Å²) >= 11 is 7.52. The van der Waals surface area contributed by atoms with Crippen molar-refractivity contribution in [2.75, 3.05) is 7.05 Å². The normalized spacial score (nSPS) is 11.4. The Morgan fingerprint density at radius 3 is 2.30 bits per heavy atom. The molecule has 0 heterocycles. The molecule has 0 aliphatic heterocycles. The van der Waals surface area contributed by atoms with E-state index in [0.29, 0.717) is 10.6 Å². The van der Waals surface area contributed by atoms with E-state index in [9.17, 15) is 14.4 Å². The summed E-state index contributed by atoms with van der Waals surface area (Å²) in [5.41, 5.74) is 1.37. The van der Waals surface area contributed by atoms with E-state index in [-0.39, 0.29) is 0 Å². The van der Waals surface area contributed by atoms with Crippen LogP contribution in [0.3, 0.4) is 0 Å². The molecule has 2 aromatic carbocycles. The molecule has 0 saturated heterocycles. The van der Waals surface area contributed by atoms with Gasteiger partial charge in [-0.2, -0.15) is 0 Å². The van der Waals surface area contributed by atoms with Crippen LogP contribution >= 0.6 is 23.4 Å². The van der Waals surface area contributed by atoms with E-state index in [1.165, 1.54) is 14.0 Å². The average Bonchev–Trinajstić information content (AvgIpc) is 2.67. The van der Waals surface area contributed by atoms with Gasteiger partial charge >= 0.3 is 12.0 Å². The molecule has 0 bridgehead atoms. The van der Waals surface area contributed by atoms with Crippen molar-refractivity contribution in [1.29, 1.82) is 0 Å². The molecule has 0 saturated carbocycles. The molecule has 0 spiro atoms. The highest BCUT2D eigenvalue weighted by Gasteiger charge is 2.20. The minimum Gasteiger partial charge on any atom is -0.449 e. The lowest BCUT2D eigenvalue weighted by molar-refractivity contribution is -0.127. The minimum absolute atomic E-state index is 0.329. The van der Waals surface area contributed by atoms with E-state index >= 15 is 0 Å². The predicted molar refractivity (Wildman–Crippen MR) is 105 cm³/mol. The summed E-state index contributed by atoms with van der Waals surface area (Å²) in [4.78, 5) is 36.0. The number of nitrogens with one attached hydrogen (secondary N) is 2. The van der Waals surface area contributed by atoms with Crippen LogP contribution in [0.15, 0.2) is 53.4 Å². The zero-order valence-corrected chi connectivity index (χ0v) is 16.4. The van der Waals surface area contributed by atoms with Crippen molar-refractivity contribution in [2.45, 2.75) is 23.7 Å². The lowest BCUT2D eigenvalue weighted by Gasteiger charge is -2.12. The van der Waals surface area contributed by atoms with Gasteiger partial charge in [-0.25, -0.2) is 9.59 Å². The summed E-state index contributed by atoms with van der Waals surface area (Å²) < 4.78 is 5.08. The Hall–Kier alpha value is -2.51. The van der Waals surface area contributed by atoms with Gasteiger partial charge in [-0.1, -0.05) is 23.7 Å². The van der Waals surface area contributed by atoms with Gasteiger partial charge in [-0.15, -0.1) is 11.8 Å². The number of imide groups is 1. The number of esters is 1. The maximum absolute atomic E-state index is 12.1. The number of carbonyl (C=O) groups is 3. The van der Waals surface area contributed by atoms with E-state index in [2.05, 4.69) is 10.6 Å². The molecule has 0 aliphatic carbocycles. The summed E-state index contributed by atoms with van der Waals surface area (Å²) in [7, 11) is 1.38. The summed E-state index contributed by atoms with van der Waals surface area (Å²) in [5, 5.41) is 5.00. The first-order valence-electron chi connectivity index (χ1n) is 8.10. The van der Waals surface area contributed by atoms with Gasteiger partial charge in [0.2, 0.25) is 0 Å². The van der Waals surface area contributed by atoms with Crippen molar-refractivity contribution in [3.05, 3.63) is 64.7 Å². The third-order valence-corrected chi connectivity index (χ3v) is 4.86. The monoisotopic (exact) mass is 406 g/mol. The van der Waals surface area contributed by atoms with Gasteiger partial charge < -0.3 is 10.1 Å². The third kappa shape index (κ3) is 6.62. The van der Waals surface area contributed by atoms with Crippen LogP contribution < -0.4 is 10.6 Å². The lowest BCUT2D eigenvalue weighted by atomic mass is 10.1. The molecular weight excluding hydrogens is 388 g/mol. The van der Waals surface area contributed by atoms with E-state index in [4.69, 9.17) is 16.3 Å². The first-order valence-corrected chi connectivity index (χ1v) is 9.46. The number of amides is 3. The highest BCUT2D eigenvalue weighted by atomic mass is 35.5. The minimum atomic E-state index is -1.09. The largest absolute Gasteiger partial charge is 0.449 e. The van der Waals surface area contributed by atoms with Crippen molar-refractivity contribution in [3.63, 3.8) is 0 Å². The van der Waals surface area contributed by atoms with Crippen LogP contribution in [-0.2, 0) is 15.3 Å². The lowest BCUT2D eigenvalue weighted by Crippen LogP contribution is -2.43. The fourth-order valence-corrected chi connectivity index (χ4v) is 2.97. The highest BCUT2D eigenvalue weighted by Crippen LogP contribution is 2.24. The SMILES string of the molecule is CNC(=O)NC(=O)[C@@H](C)OC(=O)c1ccc(CSc2ccc(Cl)cc2)cc1. The Bertz CT molecular complexity index is 809. The number of halogens is 1. The van der Waals surface area contributed by atoms with Crippen molar-refractivity contribution in [3.8, 4) is 0 Å². The van der Waals surface area contributed by atoms with Crippen LogP contribution in [0.5, 0.6) is 0 Å². The maximum Gasteiger partial charge on any atom is 0.338 e. The second-order valence-electron chi connectivity index (χ2n) is 5.56. The van der Waals surface area contributed by atoms with Crippen LogP contribution in [0.25, 0.3) is 0 Å². The number of hydrogen-bond acceptors (Lipinski definition) is 5. The number of benzene rings is 2. The zero-order chi connectivity index (χ0) is 19.8. The van der Waals surface area contributed by atoms with Crippen LogP contribution in [0.2, 0.25) is 5.02 Å². The number of rotatable bonds is 6. The Balaban J connectivity index is 1.88. The summed E-state index contributed by atoms with van der Waals surface area (Å²) in [6.07, 6.45) is -1.09. The van der Waals surface area contributed by atoms with Crippen LogP contribution in [0.1, 0.15) is 22.8 Å². The average molecular weight is 407 g/mol. The molecule has 2 rings (SSSR count). The molecule has 6 nitrogen and oxygen atoms in total. The second-order valence-corrected chi connectivity index (χ2v) is 7.04. The number of carbonyl (C=O) groups excluding carboxylic acids is 3. The molecule has 0 radical (unpaired) electrons. The van der Waals surface area contributed by atoms with Crippen LogP contribution in [0.4, 0.5) is 4.79 Å². The van der Waals surface area contributed by atoms with Crippen molar-refractivity contribution < 1.29 is 19.1 Å². The van der Waals surface area contributed by atoms with Crippen LogP contribution in [-0.4, -0.2) is 31.1 Å². The van der Waals surface area contributed by atoms with Gasteiger partial charge in [0.05, 0.1) is 5.56 Å². The first kappa shape index (κ1) is 20.8. The van der Waals surface area contributed by atoms with Crippen molar-refractivity contribution in [2.24, 2.45) is 0 Å². The number of urea groups is 1. The van der Waals surface area contributed by atoms with Gasteiger partial charge in [0, 0.05) is 22.7 Å². The molecule has 0 aliphatic rings. The molecule has 142 valence electrons. The number of thioether (sulfide) groups is 1. The number of ether oxygens (including phenoxy) is 1. The smallest absolute Gasteiger partial charge is 0.338 e.